The highest BCUT2D eigenvalue weighted by atomic mass is 32.2. The van der Waals surface area contributed by atoms with Crippen LogP contribution >= 0.6 is 11.8 Å². The Balaban J connectivity index is 1.85. The number of hydrogen-bond donors (Lipinski definition) is 2. The van der Waals surface area contributed by atoms with E-state index in [4.69, 9.17) is 6.42 Å². The molecule has 2 aromatic carbocycles. The molecule has 182 valence electrons. The van der Waals surface area contributed by atoms with Gasteiger partial charge in [0.15, 0.2) is 0 Å². The van der Waals surface area contributed by atoms with E-state index >= 15 is 0 Å². The first-order valence-corrected chi connectivity index (χ1v) is 12.1. The Labute approximate surface area is 202 Å². The molecule has 1 saturated carbocycles. The van der Waals surface area contributed by atoms with Crippen molar-refractivity contribution < 1.29 is 22.4 Å². The fraction of sp³-hybridized carbons (Fsp3) is 0.423. The van der Waals surface area contributed by atoms with E-state index in [9.17, 15) is 22.4 Å². The zero-order valence-electron chi connectivity index (χ0n) is 19.3. The fourth-order valence-corrected chi connectivity index (χ4v) is 4.11. The summed E-state index contributed by atoms with van der Waals surface area (Å²) >= 11 is 1.60. The van der Waals surface area contributed by atoms with Crippen molar-refractivity contribution in [3.05, 3.63) is 54.1 Å². The van der Waals surface area contributed by atoms with Crippen molar-refractivity contribution in [1.82, 2.24) is 10.6 Å². The van der Waals surface area contributed by atoms with Gasteiger partial charge in [0, 0.05) is 11.3 Å². The van der Waals surface area contributed by atoms with E-state index in [2.05, 4.69) is 16.6 Å². The third-order valence-electron chi connectivity index (χ3n) is 5.76. The summed E-state index contributed by atoms with van der Waals surface area (Å²) in [6.45, 7) is 2.45. The maximum Gasteiger partial charge on any atom is 0.407 e. The highest BCUT2D eigenvalue weighted by Crippen LogP contribution is 2.37. The zero-order chi connectivity index (χ0) is 25.1. The molecule has 0 radical (unpaired) electrons. The molecule has 0 spiro atoms. The van der Waals surface area contributed by atoms with Crippen molar-refractivity contribution in [3.63, 3.8) is 0 Å². The minimum absolute atomic E-state index is 0.0652. The van der Waals surface area contributed by atoms with E-state index in [1.165, 1.54) is 26.0 Å². The fourth-order valence-electron chi connectivity index (χ4n) is 3.70. The molecule has 2 atom stereocenters. The van der Waals surface area contributed by atoms with Crippen LogP contribution in [0.25, 0.3) is 11.1 Å². The summed E-state index contributed by atoms with van der Waals surface area (Å²) in [5.41, 5.74) is -1.14. The van der Waals surface area contributed by atoms with E-state index < -0.39 is 41.8 Å². The van der Waals surface area contributed by atoms with E-state index in [-0.39, 0.29) is 5.56 Å². The second-order valence-electron chi connectivity index (χ2n) is 9.18. The highest BCUT2D eigenvalue weighted by Gasteiger charge is 2.47. The number of halogens is 4. The maximum atomic E-state index is 14.4. The van der Waals surface area contributed by atoms with Crippen LogP contribution in [0.15, 0.2) is 53.4 Å². The van der Waals surface area contributed by atoms with Crippen molar-refractivity contribution in [3.8, 4) is 23.5 Å². The van der Waals surface area contributed by atoms with Crippen LogP contribution < -0.4 is 10.6 Å². The molecule has 3 rings (SSSR count). The molecule has 1 aliphatic carbocycles. The standard InChI is InChI=1S/C26H28F4N2OS/c1-5-25(14-15-25)32-23(33)21(16-24(2,3)27)31-22(26(28,29)30)19-8-6-17(7-9-19)18-10-12-20(34-4)13-11-18/h1,6-13,21-22,31H,14-16H2,2-4H3,(H,32,33)/t21-,22-/m0/s1. The quantitative estimate of drug-likeness (QED) is 0.254. The van der Waals surface area contributed by atoms with Gasteiger partial charge in [0.2, 0.25) is 5.91 Å². The van der Waals surface area contributed by atoms with Crippen molar-refractivity contribution in [1.29, 1.82) is 0 Å². The Bertz CT molecular complexity index is 1030. The number of hydrogen-bond acceptors (Lipinski definition) is 3. The SMILES string of the molecule is C#CC1(NC(=O)[C@H](CC(C)(C)F)N[C@@H](c2ccc(-c3ccc(SC)cc3)cc2)C(F)(F)F)CC1. The maximum absolute atomic E-state index is 14.4. The van der Waals surface area contributed by atoms with Crippen LogP contribution in [0.4, 0.5) is 17.6 Å². The van der Waals surface area contributed by atoms with Gasteiger partial charge in [0.25, 0.3) is 0 Å². The van der Waals surface area contributed by atoms with Gasteiger partial charge in [-0.1, -0.05) is 42.3 Å². The van der Waals surface area contributed by atoms with Gasteiger partial charge >= 0.3 is 6.18 Å². The van der Waals surface area contributed by atoms with E-state index in [0.29, 0.717) is 12.8 Å². The summed E-state index contributed by atoms with van der Waals surface area (Å²) in [5, 5.41) is 4.98. The largest absolute Gasteiger partial charge is 0.407 e. The lowest BCUT2D eigenvalue weighted by atomic mass is 9.96. The number of thioether (sulfide) groups is 1. The van der Waals surface area contributed by atoms with Crippen molar-refractivity contribution in [2.24, 2.45) is 0 Å². The molecule has 0 aromatic heterocycles. The molecule has 0 bridgehead atoms. The minimum Gasteiger partial charge on any atom is -0.338 e. The molecule has 8 heteroatoms. The van der Waals surface area contributed by atoms with Crippen LogP contribution in [0.3, 0.4) is 0 Å². The van der Waals surface area contributed by atoms with Crippen LogP contribution in [0.1, 0.15) is 44.7 Å². The predicted molar refractivity (Wildman–Crippen MR) is 128 cm³/mol. The monoisotopic (exact) mass is 492 g/mol. The average molecular weight is 493 g/mol. The smallest absolute Gasteiger partial charge is 0.338 e. The number of carbonyl (C=O) groups is 1. The average Bonchev–Trinajstić information content (AvgIpc) is 3.55. The van der Waals surface area contributed by atoms with Crippen LogP contribution in [-0.4, -0.2) is 35.6 Å². The molecular formula is C26H28F4N2OS. The molecule has 3 nitrogen and oxygen atoms in total. The van der Waals surface area contributed by atoms with Gasteiger partial charge in [-0.3, -0.25) is 10.1 Å². The summed E-state index contributed by atoms with van der Waals surface area (Å²) in [6, 6.07) is 10.1. The minimum atomic E-state index is -4.70. The first-order chi connectivity index (χ1) is 15.9. The van der Waals surface area contributed by atoms with Gasteiger partial charge in [-0.25, -0.2) is 4.39 Å². The molecule has 0 aliphatic heterocycles. The molecule has 34 heavy (non-hydrogen) atoms. The Morgan fingerprint density at radius 3 is 2.00 bits per heavy atom. The summed E-state index contributed by atoms with van der Waals surface area (Å²) in [5.74, 6) is 1.73. The number of nitrogens with one attached hydrogen (secondary N) is 2. The van der Waals surface area contributed by atoms with E-state index in [0.717, 1.165) is 16.0 Å². The Morgan fingerprint density at radius 2 is 1.59 bits per heavy atom. The van der Waals surface area contributed by atoms with E-state index in [1.54, 1.807) is 23.9 Å². The van der Waals surface area contributed by atoms with Crippen LogP contribution in [-0.2, 0) is 4.79 Å². The predicted octanol–water partition coefficient (Wildman–Crippen LogP) is 6.06. The van der Waals surface area contributed by atoms with Crippen LogP contribution in [0.2, 0.25) is 0 Å². The summed E-state index contributed by atoms with van der Waals surface area (Å²) in [6.07, 6.45) is 3.35. The van der Waals surface area contributed by atoms with E-state index in [1.807, 2.05) is 30.5 Å². The van der Waals surface area contributed by atoms with Crippen molar-refractivity contribution in [2.45, 2.75) is 67.5 Å². The number of benzene rings is 2. The van der Waals surface area contributed by atoms with Gasteiger partial charge in [-0.15, -0.1) is 18.2 Å². The van der Waals surface area contributed by atoms with Gasteiger partial charge < -0.3 is 5.32 Å². The first-order valence-electron chi connectivity index (χ1n) is 10.9. The molecule has 1 fully saturated rings. The lowest BCUT2D eigenvalue weighted by Gasteiger charge is -2.30. The normalized spacial score (nSPS) is 16.9. The number of alkyl halides is 4. The number of carbonyl (C=O) groups excluding carboxylic acids is 1. The number of rotatable bonds is 9. The third-order valence-corrected chi connectivity index (χ3v) is 6.50. The molecule has 0 heterocycles. The summed E-state index contributed by atoms with van der Waals surface area (Å²) in [7, 11) is 0. The first kappa shape index (κ1) is 26.1. The lowest BCUT2D eigenvalue weighted by molar-refractivity contribution is -0.161. The Hall–Kier alpha value is -2.50. The zero-order valence-corrected chi connectivity index (χ0v) is 20.1. The number of terminal acetylenes is 1. The lowest BCUT2D eigenvalue weighted by Crippen LogP contribution is -2.53. The van der Waals surface area contributed by atoms with Crippen molar-refractivity contribution >= 4 is 17.7 Å². The molecule has 2 aromatic rings. The molecule has 2 N–H and O–H groups in total. The third kappa shape index (κ3) is 6.77. The topological polar surface area (TPSA) is 41.1 Å². The van der Waals surface area contributed by atoms with Gasteiger partial charge in [-0.05, 0) is 61.8 Å². The molecule has 0 unspecified atom stereocenters. The second kappa shape index (κ2) is 10.0. The van der Waals surface area contributed by atoms with Gasteiger partial charge in [0.1, 0.15) is 17.2 Å². The van der Waals surface area contributed by atoms with Crippen LogP contribution in [0, 0.1) is 12.3 Å². The second-order valence-corrected chi connectivity index (χ2v) is 10.1. The van der Waals surface area contributed by atoms with Crippen LogP contribution in [0.5, 0.6) is 0 Å². The summed E-state index contributed by atoms with van der Waals surface area (Å²) < 4.78 is 56.6. The Kier molecular flexibility index (Phi) is 7.69. The Morgan fingerprint density at radius 1 is 1.06 bits per heavy atom. The molecule has 1 amide bonds. The molecular weight excluding hydrogens is 464 g/mol. The van der Waals surface area contributed by atoms with Gasteiger partial charge in [0.05, 0.1) is 6.04 Å². The van der Waals surface area contributed by atoms with Crippen molar-refractivity contribution in [2.75, 3.05) is 6.26 Å². The molecule has 0 saturated heterocycles. The summed E-state index contributed by atoms with van der Waals surface area (Å²) in [4.78, 5) is 13.9. The molecule has 1 aliphatic rings. The van der Waals surface area contributed by atoms with Gasteiger partial charge in [-0.2, -0.15) is 13.2 Å². The highest BCUT2D eigenvalue weighted by molar-refractivity contribution is 7.98. The number of amides is 1.